The molecule has 0 radical (unpaired) electrons. The molecule has 1 saturated heterocycles. The van der Waals surface area contributed by atoms with Crippen LogP contribution in [0.4, 0.5) is 4.39 Å². The van der Waals surface area contributed by atoms with Gasteiger partial charge in [0, 0.05) is 38.2 Å². The van der Waals surface area contributed by atoms with Crippen molar-refractivity contribution in [3.05, 3.63) is 30.1 Å². The number of benzene rings is 1. The fourth-order valence-electron chi connectivity index (χ4n) is 2.29. The highest BCUT2D eigenvalue weighted by Crippen LogP contribution is 2.12. The maximum Gasteiger partial charge on any atom is 0.222 e. The van der Waals surface area contributed by atoms with Gasteiger partial charge in [0.15, 0.2) is 0 Å². The Morgan fingerprint density at radius 1 is 1.52 bits per heavy atom. The number of halogens is 2. The van der Waals surface area contributed by atoms with Gasteiger partial charge < -0.3 is 15.0 Å². The van der Waals surface area contributed by atoms with Crippen molar-refractivity contribution in [2.24, 2.45) is 0 Å². The summed E-state index contributed by atoms with van der Waals surface area (Å²) >= 11 is 0. The molecule has 4 nitrogen and oxygen atoms in total. The third-order valence-electron chi connectivity index (χ3n) is 3.32. The summed E-state index contributed by atoms with van der Waals surface area (Å²) in [5.41, 5.74) is 0. The Kier molecular flexibility index (Phi) is 7.47. The summed E-state index contributed by atoms with van der Waals surface area (Å²) < 4.78 is 18.4. The van der Waals surface area contributed by atoms with Gasteiger partial charge in [-0.1, -0.05) is 6.07 Å². The number of carbonyl (C=O) groups excluding carboxylic acids is 1. The Bertz CT molecular complexity index is 459. The molecule has 1 aromatic carbocycles. The summed E-state index contributed by atoms with van der Waals surface area (Å²) in [6.45, 7) is 4.90. The zero-order valence-electron chi connectivity index (χ0n) is 12.2. The molecule has 1 aliphatic rings. The van der Waals surface area contributed by atoms with Crippen LogP contribution in [-0.4, -0.2) is 43.1 Å². The summed E-state index contributed by atoms with van der Waals surface area (Å²) in [7, 11) is 0. The van der Waals surface area contributed by atoms with Crippen LogP contribution >= 0.6 is 12.4 Å². The Morgan fingerprint density at radius 2 is 2.33 bits per heavy atom. The standard InChI is InChI=1S/C15H21FN2O2.ClH/c1-12-11-18(8-7-17-12)15(19)6-3-9-20-14-5-2-4-13(16)10-14;/h2,4-5,10,12,17H,3,6-9,11H2,1H3;1H. The van der Waals surface area contributed by atoms with Crippen LogP contribution in [0.1, 0.15) is 19.8 Å². The number of nitrogens with zero attached hydrogens (tertiary/aromatic N) is 1. The molecule has 2 rings (SSSR count). The number of piperazine rings is 1. The van der Waals surface area contributed by atoms with E-state index in [9.17, 15) is 9.18 Å². The van der Waals surface area contributed by atoms with Gasteiger partial charge in [0.1, 0.15) is 11.6 Å². The van der Waals surface area contributed by atoms with Crippen LogP contribution in [0.25, 0.3) is 0 Å². The third kappa shape index (κ3) is 5.89. The average Bonchev–Trinajstić information content (AvgIpc) is 2.43. The van der Waals surface area contributed by atoms with E-state index < -0.39 is 0 Å². The second kappa shape index (κ2) is 8.85. The molecule has 0 aromatic heterocycles. The van der Waals surface area contributed by atoms with Crippen LogP contribution in [0.5, 0.6) is 5.75 Å². The lowest BCUT2D eigenvalue weighted by Gasteiger charge is -2.32. The molecule has 21 heavy (non-hydrogen) atoms. The van der Waals surface area contributed by atoms with E-state index in [-0.39, 0.29) is 24.1 Å². The first-order valence-electron chi connectivity index (χ1n) is 7.04. The summed E-state index contributed by atoms with van der Waals surface area (Å²) in [5, 5.41) is 3.31. The van der Waals surface area contributed by atoms with Gasteiger partial charge >= 0.3 is 0 Å². The van der Waals surface area contributed by atoms with E-state index in [4.69, 9.17) is 4.74 Å². The molecule has 0 bridgehead atoms. The Labute approximate surface area is 131 Å². The number of carbonyl (C=O) groups is 1. The quantitative estimate of drug-likeness (QED) is 0.847. The van der Waals surface area contributed by atoms with Crippen molar-refractivity contribution in [2.45, 2.75) is 25.8 Å². The molecule has 1 atom stereocenters. The van der Waals surface area contributed by atoms with Gasteiger partial charge in [0.2, 0.25) is 5.91 Å². The summed E-state index contributed by atoms with van der Waals surface area (Å²) in [5.74, 6) is 0.364. The van der Waals surface area contributed by atoms with Crippen LogP contribution in [-0.2, 0) is 4.79 Å². The van der Waals surface area contributed by atoms with Crippen molar-refractivity contribution < 1.29 is 13.9 Å². The SMILES string of the molecule is CC1CN(C(=O)CCCOc2cccc(F)c2)CCN1.Cl. The average molecular weight is 317 g/mol. The molecule has 0 aliphatic carbocycles. The van der Waals surface area contributed by atoms with Crippen LogP contribution < -0.4 is 10.1 Å². The van der Waals surface area contributed by atoms with Crippen LogP contribution in [0.2, 0.25) is 0 Å². The number of nitrogens with one attached hydrogen (secondary N) is 1. The molecule has 1 N–H and O–H groups in total. The fraction of sp³-hybridized carbons (Fsp3) is 0.533. The summed E-state index contributed by atoms with van der Waals surface area (Å²) in [6, 6.07) is 6.40. The normalized spacial score (nSPS) is 18.0. The predicted molar refractivity (Wildman–Crippen MR) is 82.4 cm³/mol. The van der Waals surface area contributed by atoms with Gasteiger partial charge in [0.25, 0.3) is 0 Å². The highest BCUT2D eigenvalue weighted by molar-refractivity contribution is 5.85. The van der Waals surface area contributed by atoms with E-state index in [0.717, 1.165) is 19.6 Å². The van der Waals surface area contributed by atoms with E-state index >= 15 is 0 Å². The largest absolute Gasteiger partial charge is 0.493 e. The molecule has 118 valence electrons. The Morgan fingerprint density at radius 3 is 3.05 bits per heavy atom. The van der Waals surface area contributed by atoms with E-state index in [1.165, 1.54) is 12.1 Å². The van der Waals surface area contributed by atoms with Crippen molar-refractivity contribution in [2.75, 3.05) is 26.2 Å². The molecule has 0 spiro atoms. The first kappa shape index (κ1) is 17.7. The van der Waals surface area contributed by atoms with Gasteiger partial charge in [-0.3, -0.25) is 4.79 Å². The van der Waals surface area contributed by atoms with Gasteiger partial charge in [-0.05, 0) is 25.5 Å². The minimum atomic E-state index is -0.312. The van der Waals surface area contributed by atoms with Crippen LogP contribution in [0.15, 0.2) is 24.3 Å². The number of amides is 1. The van der Waals surface area contributed by atoms with Crippen molar-refractivity contribution in [3.8, 4) is 5.75 Å². The lowest BCUT2D eigenvalue weighted by Crippen LogP contribution is -2.51. The Hall–Kier alpha value is -1.33. The number of rotatable bonds is 5. The predicted octanol–water partition coefficient (Wildman–Crippen LogP) is 2.23. The molecular formula is C15H22ClFN2O2. The highest BCUT2D eigenvalue weighted by atomic mass is 35.5. The van der Waals surface area contributed by atoms with Gasteiger partial charge in [-0.25, -0.2) is 4.39 Å². The monoisotopic (exact) mass is 316 g/mol. The second-order valence-corrected chi connectivity index (χ2v) is 5.10. The first-order valence-corrected chi connectivity index (χ1v) is 7.04. The zero-order chi connectivity index (χ0) is 14.4. The van der Waals surface area contributed by atoms with Crippen LogP contribution in [0.3, 0.4) is 0 Å². The first-order chi connectivity index (χ1) is 9.65. The summed E-state index contributed by atoms with van der Waals surface area (Å²) in [4.78, 5) is 13.9. The maximum atomic E-state index is 12.9. The summed E-state index contributed by atoms with van der Waals surface area (Å²) in [6.07, 6.45) is 1.12. The minimum Gasteiger partial charge on any atom is -0.493 e. The molecule has 1 unspecified atom stereocenters. The fourth-order valence-corrected chi connectivity index (χ4v) is 2.29. The Balaban J connectivity index is 0.00000220. The van der Waals surface area contributed by atoms with Gasteiger partial charge in [-0.15, -0.1) is 12.4 Å². The number of hydrogen-bond acceptors (Lipinski definition) is 3. The van der Waals surface area contributed by atoms with Crippen molar-refractivity contribution in [3.63, 3.8) is 0 Å². The van der Waals surface area contributed by atoms with Crippen molar-refractivity contribution in [1.29, 1.82) is 0 Å². The molecule has 1 fully saturated rings. The molecule has 6 heteroatoms. The lowest BCUT2D eigenvalue weighted by molar-refractivity contribution is -0.132. The second-order valence-electron chi connectivity index (χ2n) is 5.10. The van der Waals surface area contributed by atoms with E-state index in [0.29, 0.717) is 31.2 Å². The van der Waals surface area contributed by atoms with Gasteiger partial charge in [0.05, 0.1) is 6.61 Å². The number of ether oxygens (including phenoxy) is 1. The number of hydrogen-bond donors (Lipinski definition) is 1. The molecule has 1 amide bonds. The molecule has 0 saturated carbocycles. The van der Waals surface area contributed by atoms with E-state index in [1.54, 1.807) is 12.1 Å². The maximum absolute atomic E-state index is 12.9. The minimum absolute atomic E-state index is 0. The van der Waals surface area contributed by atoms with E-state index in [1.807, 2.05) is 4.90 Å². The van der Waals surface area contributed by atoms with Crippen molar-refractivity contribution in [1.82, 2.24) is 10.2 Å². The van der Waals surface area contributed by atoms with Crippen LogP contribution in [0, 0.1) is 5.82 Å². The highest BCUT2D eigenvalue weighted by Gasteiger charge is 2.19. The molecule has 1 aromatic rings. The topological polar surface area (TPSA) is 41.6 Å². The molecule has 1 aliphatic heterocycles. The molecule has 1 heterocycles. The molecular weight excluding hydrogens is 295 g/mol. The van der Waals surface area contributed by atoms with Gasteiger partial charge in [-0.2, -0.15) is 0 Å². The lowest BCUT2D eigenvalue weighted by atomic mass is 10.2. The van der Waals surface area contributed by atoms with Crippen molar-refractivity contribution >= 4 is 18.3 Å². The van der Waals surface area contributed by atoms with E-state index in [2.05, 4.69) is 12.2 Å². The third-order valence-corrected chi connectivity index (χ3v) is 3.32. The zero-order valence-corrected chi connectivity index (χ0v) is 13.0. The smallest absolute Gasteiger partial charge is 0.222 e.